The number of hydrogen-bond acceptors (Lipinski definition) is 2. The molecule has 0 aromatic carbocycles. The van der Waals surface area contributed by atoms with Crippen molar-refractivity contribution in [2.24, 2.45) is 11.7 Å². The smallest absolute Gasteiger partial charge is 0.372 e. The summed E-state index contributed by atoms with van der Waals surface area (Å²) in [7, 11) is 0. The van der Waals surface area contributed by atoms with Gasteiger partial charge in [0.2, 0.25) is 0 Å². The van der Waals surface area contributed by atoms with Crippen molar-refractivity contribution >= 4 is 0 Å². The molecule has 0 amide bonds. The van der Waals surface area contributed by atoms with Gasteiger partial charge in [0.15, 0.2) is 0 Å². The van der Waals surface area contributed by atoms with Gasteiger partial charge in [-0.15, -0.1) is 0 Å². The van der Waals surface area contributed by atoms with Crippen LogP contribution in [0.25, 0.3) is 0 Å². The maximum absolute atomic E-state index is 11.6. The summed E-state index contributed by atoms with van der Waals surface area (Å²) in [5, 5.41) is 0. The van der Waals surface area contributed by atoms with Crippen LogP contribution in [-0.4, -0.2) is 25.9 Å². The standard InChI is InChI=1S/C7H14F3NO/c1-2-6(3-11)4-12-5-7(8,9)10/h6H,2-5,11H2,1H3. The summed E-state index contributed by atoms with van der Waals surface area (Å²) >= 11 is 0. The van der Waals surface area contributed by atoms with Crippen LogP contribution < -0.4 is 5.73 Å². The van der Waals surface area contributed by atoms with E-state index < -0.39 is 12.8 Å². The second-order valence-electron chi connectivity index (χ2n) is 2.64. The Hall–Kier alpha value is -0.290. The van der Waals surface area contributed by atoms with Crippen molar-refractivity contribution < 1.29 is 17.9 Å². The van der Waals surface area contributed by atoms with Gasteiger partial charge in [-0.25, -0.2) is 0 Å². The van der Waals surface area contributed by atoms with Gasteiger partial charge in [-0.3, -0.25) is 0 Å². The van der Waals surface area contributed by atoms with Crippen molar-refractivity contribution in [3.8, 4) is 0 Å². The molecule has 1 atom stereocenters. The predicted molar refractivity (Wildman–Crippen MR) is 39.7 cm³/mol. The van der Waals surface area contributed by atoms with Gasteiger partial charge in [-0.05, 0) is 18.9 Å². The van der Waals surface area contributed by atoms with E-state index in [0.29, 0.717) is 6.54 Å². The molecule has 0 aliphatic carbocycles. The van der Waals surface area contributed by atoms with Crippen LogP contribution in [0.3, 0.4) is 0 Å². The van der Waals surface area contributed by atoms with Gasteiger partial charge in [0, 0.05) is 0 Å². The third kappa shape index (κ3) is 6.42. The lowest BCUT2D eigenvalue weighted by atomic mass is 10.1. The number of nitrogens with two attached hydrogens (primary N) is 1. The summed E-state index contributed by atoms with van der Waals surface area (Å²) in [6, 6.07) is 0. The highest BCUT2D eigenvalue weighted by atomic mass is 19.4. The summed E-state index contributed by atoms with van der Waals surface area (Å²) in [6.45, 7) is 1.15. The fraction of sp³-hybridized carbons (Fsp3) is 1.00. The third-order valence-corrected chi connectivity index (χ3v) is 1.53. The largest absolute Gasteiger partial charge is 0.411 e. The van der Waals surface area contributed by atoms with E-state index in [-0.39, 0.29) is 12.5 Å². The molecule has 0 bridgehead atoms. The molecular formula is C7H14F3NO. The van der Waals surface area contributed by atoms with E-state index in [9.17, 15) is 13.2 Å². The van der Waals surface area contributed by atoms with Crippen LogP contribution in [0.15, 0.2) is 0 Å². The highest BCUT2D eigenvalue weighted by Gasteiger charge is 2.27. The molecule has 0 fully saturated rings. The van der Waals surface area contributed by atoms with Gasteiger partial charge in [0.05, 0.1) is 6.61 Å². The van der Waals surface area contributed by atoms with Gasteiger partial charge in [0.25, 0.3) is 0 Å². The van der Waals surface area contributed by atoms with Crippen molar-refractivity contribution in [3.05, 3.63) is 0 Å². The highest BCUT2D eigenvalue weighted by molar-refractivity contribution is 4.56. The Labute approximate surface area is 69.9 Å². The van der Waals surface area contributed by atoms with E-state index >= 15 is 0 Å². The average Bonchev–Trinajstić information content (AvgIpc) is 1.96. The molecule has 0 saturated heterocycles. The summed E-state index contributed by atoms with van der Waals surface area (Å²) in [5.74, 6) is 0.0346. The molecule has 12 heavy (non-hydrogen) atoms. The average molecular weight is 185 g/mol. The minimum atomic E-state index is -4.23. The molecule has 0 rings (SSSR count). The molecule has 0 aliphatic rings. The van der Waals surface area contributed by atoms with Crippen LogP contribution in [0.4, 0.5) is 13.2 Å². The van der Waals surface area contributed by atoms with Crippen molar-refractivity contribution in [1.29, 1.82) is 0 Å². The highest BCUT2D eigenvalue weighted by Crippen LogP contribution is 2.15. The lowest BCUT2D eigenvalue weighted by Gasteiger charge is -2.13. The van der Waals surface area contributed by atoms with Crippen LogP contribution in [0.1, 0.15) is 13.3 Å². The Morgan fingerprint density at radius 2 is 2.00 bits per heavy atom. The van der Waals surface area contributed by atoms with Crippen molar-refractivity contribution in [1.82, 2.24) is 0 Å². The molecule has 0 aliphatic heterocycles. The summed E-state index contributed by atoms with van der Waals surface area (Å²) in [5.41, 5.74) is 5.27. The molecular weight excluding hydrogens is 171 g/mol. The molecule has 5 heteroatoms. The van der Waals surface area contributed by atoms with Gasteiger partial charge in [-0.2, -0.15) is 13.2 Å². The van der Waals surface area contributed by atoms with Crippen molar-refractivity contribution in [2.45, 2.75) is 19.5 Å². The molecule has 0 radical (unpaired) electrons. The fourth-order valence-electron chi connectivity index (χ4n) is 0.694. The summed E-state index contributed by atoms with van der Waals surface area (Å²) in [4.78, 5) is 0. The quantitative estimate of drug-likeness (QED) is 0.705. The van der Waals surface area contributed by atoms with Crippen LogP contribution in [0, 0.1) is 5.92 Å². The maximum atomic E-state index is 11.6. The molecule has 0 aromatic rings. The molecule has 0 spiro atoms. The number of halogens is 3. The third-order valence-electron chi connectivity index (χ3n) is 1.53. The van der Waals surface area contributed by atoms with E-state index in [2.05, 4.69) is 4.74 Å². The summed E-state index contributed by atoms with van der Waals surface area (Å²) in [6.07, 6.45) is -3.48. The first-order valence-corrected chi connectivity index (χ1v) is 3.84. The van der Waals surface area contributed by atoms with Gasteiger partial charge < -0.3 is 10.5 Å². The zero-order valence-corrected chi connectivity index (χ0v) is 7.03. The van der Waals surface area contributed by atoms with E-state index in [1.807, 2.05) is 6.92 Å². The second-order valence-corrected chi connectivity index (χ2v) is 2.64. The van der Waals surface area contributed by atoms with Gasteiger partial charge in [0.1, 0.15) is 6.61 Å². The zero-order chi connectivity index (χ0) is 9.61. The minimum Gasteiger partial charge on any atom is -0.372 e. The number of ether oxygens (including phenoxy) is 1. The lowest BCUT2D eigenvalue weighted by molar-refractivity contribution is -0.176. The van der Waals surface area contributed by atoms with E-state index in [1.54, 1.807) is 0 Å². The monoisotopic (exact) mass is 185 g/mol. The summed E-state index contributed by atoms with van der Waals surface area (Å²) < 4.78 is 39.1. The number of alkyl halides is 3. The molecule has 0 heterocycles. The van der Waals surface area contributed by atoms with Crippen molar-refractivity contribution in [2.75, 3.05) is 19.8 Å². The Balaban J connectivity index is 3.41. The lowest BCUT2D eigenvalue weighted by Crippen LogP contribution is -2.23. The van der Waals surface area contributed by atoms with Crippen LogP contribution in [0.2, 0.25) is 0 Å². The topological polar surface area (TPSA) is 35.2 Å². The molecule has 0 saturated carbocycles. The Bertz CT molecular complexity index is 112. The van der Waals surface area contributed by atoms with Gasteiger partial charge in [-0.1, -0.05) is 6.92 Å². The van der Waals surface area contributed by atoms with E-state index in [1.165, 1.54) is 0 Å². The molecule has 0 aromatic heterocycles. The molecule has 2 nitrogen and oxygen atoms in total. The van der Waals surface area contributed by atoms with Gasteiger partial charge >= 0.3 is 6.18 Å². The maximum Gasteiger partial charge on any atom is 0.411 e. The first-order chi connectivity index (χ1) is 5.49. The minimum absolute atomic E-state index is 0.0346. The predicted octanol–water partition coefficient (Wildman–Crippen LogP) is 1.55. The van der Waals surface area contributed by atoms with Crippen LogP contribution >= 0.6 is 0 Å². The zero-order valence-electron chi connectivity index (χ0n) is 7.03. The number of hydrogen-bond donors (Lipinski definition) is 1. The first kappa shape index (κ1) is 11.7. The van der Waals surface area contributed by atoms with Crippen molar-refractivity contribution in [3.63, 3.8) is 0 Å². The molecule has 1 unspecified atom stereocenters. The second kappa shape index (κ2) is 5.37. The molecule has 74 valence electrons. The Kier molecular flexibility index (Phi) is 5.24. The first-order valence-electron chi connectivity index (χ1n) is 3.84. The Morgan fingerprint density at radius 3 is 2.33 bits per heavy atom. The van der Waals surface area contributed by atoms with Crippen LogP contribution in [0.5, 0.6) is 0 Å². The normalized spacial score (nSPS) is 14.8. The van der Waals surface area contributed by atoms with E-state index in [4.69, 9.17) is 5.73 Å². The molecule has 2 N–H and O–H groups in total. The van der Waals surface area contributed by atoms with E-state index in [0.717, 1.165) is 6.42 Å². The Morgan fingerprint density at radius 1 is 1.42 bits per heavy atom. The fourth-order valence-corrected chi connectivity index (χ4v) is 0.694. The van der Waals surface area contributed by atoms with Crippen LogP contribution in [-0.2, 0) is 4.74 Å². The SMILES string of the molecule is CCC(CN)COCC(F)(F)F. The number of rotatable bonds is 5.